The van der Waals surface area contributed by atoms with Crippen LogP contribution in [-0.2, 0) is 9.59 Å². The third kappa shape index (κ3) is 5.28. The Morgan fingerprint density at radius 3 is 2.73 bits per heavy atom. The van der Waals surface area contributed by atoms with Crippen molar-refractivity contribution in [3.05, 3.63) is 48.2 Å². The lowest BCUT2D eigenvalue weighted by Crippen LogP contribution is -2.41. The summed E-state index contributed by atoms with van der Waals surface area (Å²) in [6.45, 7) is 1.40. The Balaban J connectivity index is 1.61. The lowest BCUT2D eigenvalue weighted by molar-refractivity contribution is -0.122. The van der Waals surface area contributed by atoms with E-state index in [1.54, 1.807) is 44.7 Å². The van der Waals surface area contributed by atoms with E-state index >= 15 is 0 Å². The summed E-state index contributed by atoms with van der Waals surface area (Å²) < 4.78 is 10.5. The van der Waals surface area contributed by atoms with Crippen molar-refractivity contribution >= 4 is 29.4 Å². The highest BCUT2D eigenvalue weighted by Gasteiger charge is 2.24. The number of rotatable bonds is 7. The number of nitrogens with two attached hydrogens (primary N) is 1. The maximum absolute atomic E-state index is 12.3. The molecule has 1 saturated heterocycles. The number of piperidine rings is 1. The summed E-state index contributed by atoms with van der Waals surface area (Å²) in [5.41, 5.74) is 6.78. The van der Waals surface area contributed by atoms with Gasteiger partial charge in [0.05, 0.1) is 32.0 Å². The minimum Gasteiger partial charge on any atom is -0.497 e. The number of hydrogen-bond acceptors (Lipinski definition) is 6. The van der Waals surface area contributed by atoms with Gasteiger partial charge in [-0.05, 0) is 43.2 Å². The van der Waals surface area contributed by atoms with Crippen LogP contribution in [0, 0.1) is 5.92 Å². The predicted octanol–water partition coefficient (Wildman–Crippen LogP) is 2.45. The van der Waals surface area contributed by atoms with Crippen LogP contribution in [0.5, 0.6) is 11.5 Å². The second-order valence-corrected chi connectivity index (χ2v) is 7.02. The van der Waals surface area contributed by atoms with Gasteiger partial charge in [0.15, 0.2) is 0 Å². The van der Waals surface area contributed by atoms with Crippen molar-refractivity contribution in [2.75, 3.05) is 37.5 Å². The fraction of sp³-hybridized carbons (Fsp3) is 0.318. The second kappa shape index (κ2) is 9.78. The molecule has 8 heteroatoms. The molecule has 2 amide bonds. The van der Waals surface area contributed by atoms with Crippen LogP contribution >= 0.6 is 0 Å². The highest BCUT2D eigenvalue weighted by molar-refractivity contribution is 6.02. The van der Waals surface area contributed by atoms with E-state index < -0.39 is 0 Å². The van der Waals surface area contributed by atoms with Crippen LogP contribution in [0.2, 0.25) is 0 Å². The first-order valence-corrected chi connectivity index (χ1v) is 9.71. The molecule has 0 aliphatic carbocycles. The molecule has 8 nitrogen and oxygen atoms in total. The zero-order chi connectivity index (χ0) is 21.5. The van der Waals surface area contributed by atoms with Crippen molar-refractivity contribution in [1.29, 1.82) is 0 Å². The van der Waals surface area contributed by atoms with Crippen LogP contribution in [0.1, 0.15) is 18.4 Å². The second-order valence-electron chi connectivity index (χ2n) is 7.02. The summed E-state index contributed by atoms with van der Waals surface area (Å²) in [6, 6.07) is 8.98. The van der Waals surface area contributed by atoms with Crippen molar-refractivity contribution in [2.45, 2.75) is 12.8 Å². The number of ether oxygens (including phenoxy) is 2. The standard InChI is InChI=1S/C22H26N4O4/c1-29-18-8-5-15(19(12-18)30-2)6-10-21(27)25-17-7-9-20(24-13-17)26-11-3-4-16(14-26)22(23)28/h5-10,12-13,16H,3-4,11,14H2,1-2H3,(H2,23,28)(H,25,27)/b10-6+. The third-order valence-corrected chi connectivity index (χ3v) is 5.02. The van der Waals surface area contributed by atoms with Crippen LogP contribution in [0.25, 0.3) is 6.08 Å². The van der Waals surface area contributed by atoms with E-state index in [1.807, 2.05) is 17.0 Å². The molecule has 1 aliphatic heterocycles. The van der Waals surface area contributed by atoms with Crippen LogP contribution in [0.4, 0.5) is 11.5 Å². The zero-order valence-corrected chi connectivity index (χ0v) is 17.1. The first-order valence-electron chi connectivity index (χ1n) is 9.71. The van der Waals surface area contributed by atoms with Crippen molar-refractivity contribution < 1.29 is 19.1 Å². The number of methoxy groups -OCH3 is 2. The number of amides is 2. The predicted molar refractivity (Wildman–Crippen MR) is 116 cm³/mol. The Morgan fingerprint density at radius 2 is 2.07 bits per heavy atom. The molecule has 1 unspecified atom stereocenters. The summed E-state index contributed by atoms with van der Waals surface area (Å²) in [6.07, 6.45) is 6.41. The molecule has 158 valence electrons. The molecular formula is C22H26N4O4. The van der Waals surface area contributed by atoms with E-state index in [4.69, 9.17) is 15.2 Å². The highest BCUT2D eigenvalue weighted by Crippen LogP contribution is 2.26. The monoisotopic (exact) mass is 410 g/mol. The Morgan fingerprint density at radius 1 is 1.23 bits per heavy atom. The molecular weight excluding hydrogens is 384 g/mol. The normalized spacial score (nSPS) is 16.3. The molecule has 30 heavy (non-hydrogen) atoms. The molecule has 0 bridgehead atoms. The average molecular weight is 410 g/mol. The molecule has 1 aromatic heterocycles. The first-order chi connectivity index (χ1) is 14.5. The van der Waals surface area contributed by atoms with Gasteiger partial charge in [-0.2, -0.15) is 0 Å². The first kappa shape index (κ1) is 21.2. The number of primary amides is 1. The van der Waals surface area contributed by atoms with Gasteiger partial charge in [-0.15, -0.1) is 0 Å². The third-order valence-electron chi connectivity index (χ3n) is 5.02. The number of nitrogens with one attached hydrogen (secondary N) is 1. The average Bonchev–Trinajstić information content (AvgIpc) is 2.78. The summed E-state index contributed by atoms with van der Waals surface area (Å²) in [7, 11) is 3.14. The van der Waals surface area contributed by atoms with Gasteiger partial charge >= 0.3 is 0 Å². The molecule has 3 rings (SSSR count). The summed E-state index contributed by atoms with van der Waals surface area (Å²) in [5.74, 6) is 1.34. The Kier molecular flexibility index (Phi) is 6.90. The van der Waals surface area contributed by atoms with Gasteiger partial charge < -0.3 is 25.4 Å². The van der Waals surface area contributed by atoms with Gasteiger partial charge in [-0.25, -0.2) is 4.98 Å². The molecule has 1 aromatic carbocycles. The van der Waals surface area contributed by atoms with Crippen LogP contribution in [0.15, 0.2) is 42.6 Å². The van der Waals surface area contributed by atoms with E-state index in [0.717, 1.165) is 30.8 Å². The number of aromatic nitrogens is 1. The quantitative estimate of drug-likeness (QED) is 0.679. The number of carbonyl (C=O) groups excluding carboxylic acids is 2. The minimum absolute atomic E-state index is 0.153. The van der Waals surface area contributed by atoms with Crippen LogP contribution < -0.4 is 25.4 Å². The van der Waals surface area contributed by atoms with Crippen LogP contribution in [-0.4, -0.2) is 44.1 Å². The lowest BCUT2D eigenvalue weighted by atomic mass is 9.97. The van der Waals surface area contributed by atoms with Crippen LogP contribution in [0.3, 0.4) is 0 Å². The van der Waals surface area contributed by atoms with Gasteiger partial charge in [0.1, 0.15) is 17.3 Å². The van der Waals surface area contributed by atoms with Gasteiger partial charge in [-0.1, -0.05) is 0 Å². The molecule has 0 saturated carbocycles. The van der Waals surface area contributed by atoms with E-state index in [0.29, 0.717) is 23.7 Å². The fourth-order valence-electron chi connectivity index (χ4n) is 3.37. The number of nitrogens with zero attached hydrogens (tertiary/aromatic N) is 2. The SMILES string of the molecule is COc1ccc(/C=C/C(=O)Nc2ccc(N3CCCC(C(N)=O)C3)nc2)c(OC)c1. The van der Waals surface area contributed by atoms with E-state index in [9.17, 15) is 9.59 Å². The fourth-order valence-corrected chi connectivity index (χ4v) is 3.37. The van der Waals surface area contributed by atoms with Gasteiger partial charge in [0.25, 0.3) is 0 Å². The highest BCUT2D eigenvalue weighted by atomic mass is 16.5. The van der Waals surface area contributed by atoms with Crippen molar-refractivity contribution in [2.24, 2.45) is 11.7 Å². The molecule has 0 radical (unpaired) electrons. The van der Waals surface area contributed by atoms with E-state index in [1.165, 1.54) is 6.08 Å². The van der Waals surface area contributed by atoms with E-state index in [2.05, 4.69) is 10.3 Å². The molecule has 1 atom stereocenters. The van der Waals surface area contributed by atoms with Crippen molar-refractivity contribution in [3.8, 4) is 11.5 Å². The summed E-state index contributed by atoms with van der Waals surface area (Å²) in [4.78, 5) is 30.2. The van der Waals surface area contributed by atoms with Crippen molar-refractivity contribution in [1.82, 2.24) is 4.98 Å². The lowest BCUT2D eigenvalue weighted by Gasteiger charge is -2.32. The molecule has 2 aromatic rings. The topological polar surface area (TPSA) is 107 Å². The number of anilines is 2. The number of pyridine rings is 1. The van der Waals surface area contributed by atoms with Gasteiger partial charge in [0, 0.05) is 30.8 Å². The maximum atomic E-state index is 12.3. The van der Waals surface area contributed by atoms with Gasteiger partial charge in [-0.3, -0.25) is 9.59 Å². The van der Waals surface area contributed by atoms with Gasteiger partial charge in [0.2, 0.25) is 11.8 Å². The molecule has 1 fully saturated rings. The number of hydrogen-bond donors (Lipinski definition) is 2. The molecule has 3 N–H and O–H groups in total. The Bertz CT molecular complexity index is 927. The Labute approximate surface area is 175 Å². The minimum atomic E-state index is -0.283. The maximum Gasteiger partial charge on any atom is 0.248 e. The molecule has 1 aliphatic rings. The van der Waals surface area contributed by atoms with E-state index in [-0.39, 0.29) is 17.7 Å². The smallest absolute Gasteiger partial charge is 0.248 e. The number of carbonyl (C=O) groups is 2. The Hall–Kier alpha value is -3.55. The largest absolute Gasteiger partial charge is 0.497 e. The van der Waals surface area contributed by atoms with Crippen molar-refractivity contribution in [3.63, 3.8) is 0 Å². The summed E-state index contributed by atoms with van der Waals surface area (Å²) in [5, 5.41) is 2.78. The summed E-state index contributed by atoms with van der Waals surface area (Å²) >= 11 is 0. The molecule has 2 heterocycles. The zero-order valence-electron chi connectivity index (χ0n) is 17.1. The number of benzene rings is 1. The molecule has 0 spiro atoms.